The summed E-state index contributed by atoms with van der Waals surface area (Å²) in [5, 5.41) is 8.02. The average molecular weight is 323 g/mol. The van der Waals surface area contributed by atoms with Crippen molar-refractivity contribution in [2.24, 2.45) is 0 Å². The highest BCUT2D eigenvalue weighted by Gasteiger charge is 2.34. The van der Waals surface area contributed by atoms with E-state index < -0.39 is 0 Å². The van der Waals surface area contributed by atoms with Crippen LogP contribution in [0.25, 0.3) is 11.3 Å². The van der Waals surface area contributed by atoms with E-state index in [1.54, 1.807) is 11.0 Å². The normalized spacial score (nSPS) is 17.4. The molecule has 3 aromatic rings. The van der Waals surface area contributed by atoms with Crippen LogP contribution in [0.1, 0.15) is 40.8 Å². The van der Waals surface area contributed by atoms with Gasteiger partial charge in [-0.3, -0.25) is 4.79 Å². The second kappa shape index (κ2) is 5.96. The second-order valence-corrected chi connectivity index (χ2v) is 5.96. The Hall–Kier alpha value is -2.89. The molecule has 1 fully saturated rings. The van der Waals surface area contributed by atoms with Crippen LogP contribution in [0.4, 0.5) is 0 Å². The van der Waals surface area contributed by atoms with E-state index >= 15 is 0 Å². The molecule has 1 saturated heterocycles. The maximum atomic E-state index is 12.8. The molecule has 0 spiro atoms. The number of rotatable bonds is 3. The summed E-state index contributed by atoms with van der Waals surface area (Å²) >= 11 is 0. The first-order valence-electron chi connectivity index (χ1n) is 7.99. The Balaban J connectivity index is 1.58. The van der Waals surface area contributed by atoms with Crippen molar-refractivity contribution in [1.29, 1.82) is 0 Å². The molecular formula is C18H17N3O3. The van der Waals surface area contributed by atoms with Crippen LogP contribution in [0.2, 0.25) is 0 Å². The predicted octanol–water partition coefficient (Wildman–Crippen LogP) is 3.62. The van der Waals surface area contributed by atoms with Crippen LogP contribution in [0.5, 0.6) is 0 Å². The van der Waals surface area contributed by atoms with Crippen LogP contribution in [-0.2, 0) is 0 Å². The summed E-state index contributed by atoms with van der Waals surface area (Å²) in [6.07, 6.45) is 1.81. The Morgan fingerprint density at radius 3 is 2.75 bits per heavy atom. The van der Waals surface area contributed by atoms with Crippen molar-refractivity contribution >= 4 is 5.91 Å². The lowest BCUT2D eigenvalue weighted by atomic mass is 10.1. The van der Waals surface area contributed by atoms with Crippen LogP contribution in [0.3, 0.4) is 0 Å². The third-order valence-corrected chi connectivity index (χ3v) is 4.29. The monoisotopic (exact) mass is 323 g/mol. The fourth-order valence-electron chi connectivity index (χ4n) is 3.12. The van der Waals surface area contributed by atoms with E-state index in [4.69, 9.17) is 9.05 Å². The first kappa shape index (κ1) is 14.7. The topological polar surface area (TPSA) is 72.4 Å². The summed E-state index contributed by atoms with van der Waals surface area (Å²) in [5.41, 5.74) is 2.01. The molecule has 4 rings (SSSR count). The van der Waals surface area contributed by atoms with E-state index in [1.807, 2.05) is 43.3 Å². The van der Waals surface area contributed by atoms with Crippen molar-refractivity contribution in [3.63, 3.8) is 0 Å². The van der Waals surface area contributed by atoms with Gasteiger partial charge in [0.05, 0.1) is 6.04 Å². The number of hydrogen-bond donors (Lipinski definition) is 0. The number of aromatic nitrogens is 2. The Morgan fingerprint density at radius 2 is 2.00 bits per heavy atom. The number of amides is 1. The van der Waals surface area contributed by atoms with Gasteiger partial charge in [-0.25, -0.2) is 0 Å². The molecule has 0 unspecified atom stereocenters. The van der Waals surface area contributed by atoms with Crippen molar-refractivity contribution in [3.8, 4) is 11.3 Å². The summed E-state index contributed by atoms with van der Waals surface area (Å²) in [7, 11) is 0. The molecule has 0 bridgehead atoms. The fraction of sp³-hybridized carbons (Fsp3) is 0.278. The minimum atomic E-state index is -0.135. The molecular weight excluding hydrogens is 306 g/mol. The summed E-state index contributed by atoms with van der Waals surface area (Å²) < 4.78 is 10.5. The quantitative estimate of drug-likeness (QED) is 0.736. The maximum Gasteiger partial charge on any atom is 0.276 e. The van der Waals surface area contributed by atoms with Gasteiger partial charge >= 0.3 is 0 Å². The highest BCUT2D eigenvalue weighted by Crippen LogP contribution is 2.33. The second-order valence-electron chi connectivity index (χ2n) is 5.96. The first-order chi connectivity index (χ1) is 11.7. The molecule has 1 atom stereocenters. The van der Waals surface area contributed by atoms with Crippen molar-refractivity contribution in [2.45, 2.75) is 25.8 Å². The van der Waals surface area contributed by atoms with E-state index in [0.29, 0.717) is 18.0 Å². The van der Waals surface area contributed by atoms with Gasteiger partial charge in [0.2, 0.25) is 0 Å². The van der Waals surface area contributed by atoms with Gasteiger partial charge in [0.1, 0.15) is 11.5 Å². The van der Waals surface area contributed by atoms with Crippen LogP contribution < -0.4 is 0 Å². The molecule has 0 saturated carbocycles. The molecule has 6 nitrogen and oxygen atoms in total. The van der Waals surface area contributed by atoms with Gasteiger partial charge in [0.15, 0.2) is 11.5 Å². The molecule has 1 amide bonds. The van der Waals surface area contributed by atoms with Crippen molar-refractivity contribution in [1.82, 2.24) is 15.2 Å². The summed E-state index contributed by atoms with van der Waals surface area (Å²) in [5.74, 6) is 1.20. The highest BCUT2D eigenvalue weighted by molar-refractivity contribution is 5.93. The third-order valence-electron chi connectivity index (χ3n) is 4.29. The van der Waals surface area contributed by atoms with Crippen LogP contribution in [0, 0.1) is 6.92 Å². The highest BCUT2D eigenvalue weighted by atomic mass is 16.5. The predicted molar refractivity (Wildman–Crippen MR) is 86.2 cm³/mol. The molecule has 1 aromatic carbocycles. The first-order valence-corrected chi connectivity index (χ1v) is 7.99. The van der Waals surface area contributed by atoms with Crippen molar-refractivity contribution in [2.75, 3.05) is 6.54 Å². The molecule has 1 aliphatic heterocycles. The number of aryl methyl sites for hydroxylation is 1. The van der Waals surface area contributed by atoms with Crippen LogP contribution in [0.15, 0.2) is 51.5 Å². The zero-order valence-electron chi connectivity index (χ0n) is 13.3. The third kappa shape index (κ3) is 2.60. The van der Waals surface area contributed by atoms with Crippen molar-refractivity contribution in [3.05, 3.63) is 59.6 Å². The minimum absolute atomic E-state index is 0.0631. The van der Waals surface area contributed by atoms with Crippen LogP contribution in [-0.4, -0.2) is 27.7 Å². The van der Waals surface area contributed by atoms with Gasteiger partial charge in [-0.2, -0.15) is 0 Å². The zero-order valence-corrected chi connectivity index (χ0v) is 13.3. The number of carbonyl (C=O) groups is 1. The average Bonchev–Trinajstić information content (AvgIpc) is 3.35. The molecule has 3 heterocycles. The maximum absolute atomic E-state index is 12.8. The van der Waals surface area contributed by atoms with Gasteiger partial charge in [-0.15, -0.1) is 0 Å². The Kier molecular flexibility index (Phi) is 3.65. The van der Waals surface area contributed by atoms with Gasteiger partial charge < -0.3 is 13.9 Å². The molecule has 122 valence electrons. The molecule has 0 aliphatic carbocycles. The standard InChI is InChI=1S/C18H17N3O3/c1-12-10-14(19-23-12)16-8-5-9-21(16)18(22)15-11-17(24-20-15)13-6-3-2-4-7-13/h2-4,6-7,10-11,16H,5,8-9H2,1H3/t16-/m1/s1. The van der Waals surface area contributed by atoms with E-state index in [0.717, 1.165) is 29.9 Å². The lowest BCUT2D eigenvalue weighted by molar-refractivity contribution is 0.0720. The minimum Gasteiger partial charge on any atom is -0.361 e. The molecule has 2 aromatic heterocycles. The Bertz CT molecular complexity index is 853. The van der Waals surface area contributed by atoms with Gasteiger partial charge in [-0.05, 0) is 19.8 Å². The smallest absolute Gasteiger partial charge is 0.276 e. The Labute approximate surface area is 139 Å². The molecule has 24 heavy (non-hydrogen) atoms. The van der Waals surface area contributed by atoms with E-state index in [-0.39, 0.29) is 11.9 Å². The largest absolute Gasteiger partial charge is 0.361 e. The molecule has 1 aliphatic rings. The SMILES string of the molecule is Cc1cc([C@H]2CCCN2C(=O)c2cc(-c3ccccc3)on2)no1. The van der Waals surface area contributed by atoms with Crippen LogP contribution >= 0.6 is 0 Å². The lowest BCUT2D eigenvalue weighted by Gasteiger charge is -2.21. The summed E-state index contributed by atoms with van der Waals surface area (Å²) in [6.45, 7) is 2.53. The number of likely N-dealkylation sites (tertiary alicyclic amines) is 1. The number of benzene rings is 1. The summed E-state index contributed by atoms with van der Waals surface area (Å²) in [6, 6.07) is 13.1. The number of carbonyl (C=O) groups excluding carboxylic acids is 1. The zero-order chi connectivity index (χ0) is 16.5. The van der Waals surface area contributed by atoms with Gasteiger partial charge in [-0.1, -0.05) is 40.6 Å². The van der Waals surface area contributed by atoms with E-state index in [1.165, 1.54) is 0 Å². The van der Waals surface area contributed by atoms with Crippen molar-refractivity contribution < 1.29 is 13.8 Å². The fourth-order valence-corrected chi connectivity index (χ4v) is 3.12. The Morgan fingerprint density at radius 1 is 1.17 bits per heavy atom. The molecule has 0 radical (unpaired) electrons. The van der Waals surface area contributed by atoms with E-state index in [2.05, 4.69) is 10.3 Å². The van der Waals surface area contributed by atoms with E-state index in [9.17, 15) is 4.79 Å². The number of nitrogens with zero attached hydrogens (tertiary/aromatic N) is 3. The number of hydrogen-bond acceptors (Lipinski definition) is 5. The van der Waals surface area contributed by atoms with Gasteiger partial charge in [0, 0.05) is 24.2 Å². The summed E-state index contributed by atoms with van der Waals surface area (Å²) in [4.78, 5) is 14.6. The van der Waals surface area contributed by atoms with Gasteiger partial charge in [0.25, 0.3) is 5.91 Å². The molecule has 6 heteroatoms. The molecule has 0 N–H and O–H groups in total. The lowest BCUT2D eigenvalue weighted by Crippen LogP contribution is -2.30.